The average molecular weight is 209 g/mol. The summed E-state index contributed by atoms with van der Waals surface area (Å²) in [6.45, 7) is 16.6. The summed E-state index contributed by atoms with van der Waals surface area (Å²) < 4.78 is 0. The molecule has 0 amide bonds. The second kappa shape index (κ2) is 3.93. The van der Waals surface area contributed by atoms with Gasteiger partial charge in [0.25, 0.3) is 0 Å². The first-order chi connectivity index (χ1) is 6.68. The van der Waals surface area contributed by atoms with Crippen molar-refractivity contribution in [3.8, 4) is 0 Å². The molecule has 0 aromatic rings. The van der Waals surface area contributed by atoms with Gasteiger partial charge >= 0.3 is 0 Å². The zero-order valence-electron chi connectivity index (χ0n) is 11.1. The van der Waals surface area contributed by atoms with E-state index in [-0.39, 0.29) is 5.54 Å². The molecule has 1 rings (SSSR count). The molecule has 15 heavy (non-hydrogen) atoms. The lowest BCUT2D eigenvalue weighted by molar-refractivity contribution is 0.0396. The van der Waals surface area contributed by atoms with Crippen molar-refractivity contribution in [1.82, 2.24) is 5.32 Å². The molecular weight excluding hydrogens is 182 g/mol. The first kappa shape index (κ1) is 12.8. The fraction of sp³-hybridized carbons (Fsp3) is 0.857. The van der Waals surface area contributed by atoms with E-state index in [2.05, 4.69) is 46.5 Å². The summed E-state index contributed by atoms with van der Waals surface area (Å²) in [6, 6.07) is 0. The zero-order chi connectivity index (χ0) is 11.7. The third-order valence-electron chi connectivity index (χ3n) is 3.37. The molecule has 1 aliphatic rings. The monoisotopic (exact) mass is 209 g/mol. The van der Waals surface area contributed by atoms with E-state index in [1.165, 1.54) is 19.3 Å². The number of hydrogen-bond donors (Lipinski definition) is 1. The van der Waals surface area contributed by atoms with Crippen LogP contribution in [-0.4, -0.2) is 12.1 Å². The van der Waals surface area contributed by atoms with Crippen molar-refractivity contribution < 1.29 is 0 Å². The second-order valence-corrected chi connectivity index (χ2v) is 7.09. The maximum Gasteiger partial charge on any atom is 0.0166 e. The van der Waals surface area contributed by atoms with E-state index >= 15 is 0 Å². The van der Waals surface area contributed by atoms with Gasteiger partial charge in [0.05, 0.1) is 0 Å². The third-order valence-corrected chi connectivity index (χ3v) is 3.37. The van der Waals surface area contributed by atoms with Crippen LogP contribution in [0, 0.1) is 10.8 Å². The molecule has 0 spiro atoms. The molecule has 0 radical (unpaired) electrons. The highest BCUT2D eigenvalue weighted by atomic mass is 15.0. The average Bonchev–Trinajstić information content (AvgIpc) is 1.93. The zero-order valence-corrected chi connectivity index (χ0v) is 11.1. The molecule has 1 heteroatoms. The molecule has 1 saturated carbocycles. The fourth-order valence-corrected chi connectivity index (χ4v) is 4.04. The van der Waals surface area contributed by atoms with Gasteiger partial charge in [-0.25, -0.2) is 0 Å². The van der Waals surface area contributed by atoms with E-state index in [0.717, 1.165) is 6.54 Å². The first-order valence-corrected chi connectivity index (χ1v) is 6.04. The molecule has 0 heterocycles. The molecule has 1 N–H and O–H groups in total. The van der Waals surface area contributed by atoms with Crippen molar-refractivity contribution in [2.24, 2.45) is 10.8 Å². The summed E-state index contributed by atoms with van der Waals surface area (Å²) in [4.78, 5) is 0. The minimum atomic E-state index is 0.277. The Labute approximate surface area is 95.3 Å². The van der Waals surface area contributed by atoms with Crippen LogP contribution in [0.15, 0.2) is 12.7 Å². The molecule has 0 atom stereocenters. The number of nitrogens with one attached hydrogen (secondary N) is 1. The lowest BCUT2D eigenvalue weighted by Crippen LogP contribution is -2.53. The molecule has 1 nitrogen and oxygen atoms in total. The van der Waals surface area contributed by atoms with Crippen LogP contribution in [0.3, 0.4) is 0 Å². The predicted molar refractivity (Wildman–Crippen MR) is 68.0 cm³/mol. The van der Waals surface area contributed by atoms with Crippen LogP contribution >= 0.6 is 0 Å². The SMILES string of the molecule is C=CCNC1(C)CC(C)(C)CC(C)(C)C1. The predicted octanol–water partition coefficient (Wildman–Crippen LogP) is 3.76. The van der Waals surface area contributed by atoms with Gasteiger partial charge in [0.15, 0.2) is 0 Å². The molecule has 88 valence electrons. The Morgan fingerprint density at radius 2 is 1.47 bits per heavy atom. The van der Waals surface area contributed by atoms with Crippen molar-refractivity contribution in [3.63, 3.8) is 0 Å². The summed E-state index contributed by atoms with van der Waals surface area (Å²) in [7, 11) is 0. The van der Waals surface area contributed by atoms with Crippen LogP contribution in [-0.2, 0) is 0 Å². The van der Waals surface area contributed by atoms with Gasteiger partial charge in [0.2, 0.25) is 0 Å². The number of hydrogen-bond acceptors (Lipinski definition) is 1. The standard InChI is InChI=1S/C14H27N/c1-7-8-15-14(6)10-12(2,3)9-13(4,5)11-14/h7,15H,1,8-11H2,2-6H3. The van der Waals surface area contributed by atoms with Crippen molar-refractivity contribution in [1.29, 1.82) is 0 Å². The van der Waals surface area contributed by atoms with Crippen LogP contribution in [0.25, 0.3) is 0 Å². The molecule has 0 unspecified atom stereocenters. The maximum absolute atomic E-state index is 3.79. The van der Waals surface area contributed by atoms with Gasteiger partial charge in [0.1, 0.15) is 0 Å². The van der Waals surface area contributed by atoms with Crippen LogP contribution in [0.1, 0.15) is 53.9 Å². The third kappa shape index (κ3) is 3.64. The molecule has 1 fully saturated rings. The molecule has 1 aliphatic carbocycles. The first-order valence-electron chi connectivity index (χ1n) is 6.04. The Hall–Kier alpha value is -0.300. The summed E-state index contributed by atoms with van der Waals surface area (Å²) in [5, 5.41) is 3.64. The lowest BCUT2D eigenvalue weighted by atomic mass is 9.59. The highest BCUT2D eigenvalue weighted by Crippen LogP contribution is 2.49. The highest BCUT2D eigenvalue weighted by molar-refractivity contribution is 5.00. The van der Waals surface area contributed by atoms with E-state index in [1.54, 1.807) is 0 Å². The number of rotatable bonds is 3. The van der Waals surface area contributed by atoms with Crippen LogP contribution in [0.5, 0.6) is 0 Å². The quantitative estimate of drug-likeness (QED) is 0.698. The smallest absolute Gasteiger partial charge is 0.0166 e. The molecule has 0 aromatic heterocycles. The molecular formula is C14H27N. The van der Waals surface area contributed by atoms with E-state index < -0.39 is 0 Å². The van der Waals surface area contributed by atoms with Crippen LogP contribution in [0.4, 0.5) is 0 Å². The van der Waals surface area contributed by atoms with Gasteiger partial charge in [-0.2, -0.15) is 0 Å². The maximum atomic E-state index is 3.79. The molecule has 0 bridgehead atoms. The second-order valence-electron chi connectivity index (χ2n) is 7.09. The molecule has 0 saturated heterocycles. The molecule has 0 aromatic carbocycles. The summed E-state index contributed by atoms with van der Waals surface area (Å²) in [6.07, 6.45) is 5.81. The Kier molecular flexibility index (Phi) is 3.35. The van der Waals surface area contributed by atoms with Crippen molar-refractivity contribution in [2.45, 2.75) is 59.4 Å². The van der Waals surface area contributed by atoms with Crippen molar-refractivity contribution in [3.05, 3.63) is 12.7 Å². The van der Waals surface area contributed by atoms with Crippen LogP contribution in [0.2, 0.25) is 0 Å². The van der Waals surface area contributed by atoms with Crippen LogP contribution < -0.4 is 5.32 Å². The normalized spacial score (nSPS) is 27.3. The Morgan fingerprint density at radius 1 is 1.00 bits per heavy atom. The van der Waals surface area contributed by atoms with Crippen molar-refractivity contribution >= 4 is 0 Å². The lowest BCUT2D eigenvalue weighted by Gasteiger charge is -2.51. The minimum Gasteiger partial charge on any atom is -0.308 e. The van der Waals surface area contributed by atoms with Gasteiger partial charge in [-0.1, -0.05) is 33.8 Å². The molecule has 0 aliphatic heterocycles. The summed E-state index contributed by atoms with van der Waals surface area (Å²) in [5.74, 6) is 0. The van der Waals surface area contributed by atoms with Gasteiger partial charge in [-0.3, -0.25) is 0 Å². The van der Waals surface area contributed by atoms with Gasteiger partial charge in [-0.15, -0.1) is 6.58 Å². The Morgan fingerprint density at radius 3 is 1.87 bits per heavy atom. The van der Waals surface area contributed by atoms with E-state index in [1.807, 2.05) is 6.08 Å². The Balaban J connectivity index is 2.77. The van der Waals surface area contributed by atoms with E-state index in [9.17, 15) is 0 Å². The summed E-state index contributed by atoms with van der Waals surface area (Å²) in [5.41, 5.74) is 1.18. The van der Waals surface area contributed by atoms with E-state index in [4.69, 9.17) is 0 Å². The highest BCUT2D eigenvalue weighted by Gasteiger charge is 2.44. The van der Waals surface area contributed by atoms with Gasteiger partial charge in [0, 0.05) is 12.1 Å². The van der Waals surface area contributed by atoms with Gasteiger partial charge < -0.3 is 5.32 Å². The topological polar surface area (TPSA) is 12.0 Å². The Bertz CT molecular complexity index is 222. The van der Waals surface area contributed by atoms with E-state index in [0.29, 0.717) is 10.8 Å². The largest absolute Gasteiger partial charge is 0.308 e. The summed E-state index contributed by atoms with van der Waals surface area (Å²) >= 11 is 0. The van der Waals surface area contributed by atoms with Crippen molar-refractivity contribution in [2.75, 3.05) is 6.54 Å². The van der Waals surface area contributed by atoms with Gasteiger partial charge in [-0.05, 0) is 37.0 Å². The minimum absolute atomic E-state index is 0.277. The fourth-order valence-electron chi connectivity index (χ4n) is 4.04.